The summed E-state index contributed by atoms with van der Waals surface area (Å²) in [5.74, 6) is 0.0108. The second-order valence-electron chi connectivity index (χ2n) is 4.93. The van der Waals surface area contributed by atoms with Crippen LogP contribution in [0.1, 0.15) is 44.1 Å². The van der Waals surface area contributed by atoms with Crippen molar-refractivity contribution in [3.05, 3.63) is 22.4 Å². The van der Waals surface area contributed by atoms with E-state index in [0.29, 0.717) is 6.54 Å². The van der Waals surface area contributed by atoms with Gasteiger partial charge in [-0.25, -0.2) is 0 Å². The largest absolute Gasteiger partial charge is 0.349 e. The quantitative estimate of drug-likeness (QED) is 0.747. The molecule has 0 atom stereocenters. The molecule has 0 saturated carbocycles. The number of hydrogen-bond acceptors (Lipinski definition) is 2. The molecule has 1 amide bonds. The standard InChI is InChI=1S/C15H26BrN3O/c1-4-8-18(6-3)10-7-17-15(20)14-11-13(16)12-19(14)9-5-2/h11-12H,4-10H2,1-3H3,(H,17,20). The highest BCUT2D eigenvalue weighted by Gasteiger charge is 2.12. The average Bonchev–Trinajstić information content (AvgIpc) is 2.79. The maximum absolute atomic E-state index is 12.2. The number of amides is 1. The van der Waals surface area contributed by atoms with Gasteiger partial charge in [0.2, 0.25) is 0 Å². The topological polar surface area (TPSA) is 37.3 Å². The number of aromatic nitrogens is 1. The number of nitrogens with zero attached hydrogens (tertiary/aromatic N) is 2. The van der Waals surface area contributed by atoms with Gasteiger partial charge in [0.05, 0.1) is 0 Å². The van der Waals surface area contributed by atoms with Gasteiger partial charge in [0.25, 0.3) is 5.91 Å². The molecule has 1 aromatic heterocycles. The van der Waals surface area contributed by atoms with Crippen molar-refractivity contribution < 1.29 is 4.79 Å². The third kappa shape index (κ3) is 5.29. The first-order chi connectivity index (χ1) is 9.62. The number of rotatable bonds is 9. The van der Waals surface area contributed by atoms with Crippen LogP contribution in [0.5, 0.6) is 0 Å². The highest BCUT2D eigenvalue weighted by atomic mass is 79.9. The van der Waals surface area contributed by atoms with Crippen LogP contribution in [0.15, 0.2) is 16.7 Å². The van der Waals surface area contributed by atoms with E-state index in [1.54, 1.807) is 0 Å². The van der Waals surface area contributed by atoms with E-state index in [9.17, 15) is 4.79 Å². The van der Waals surface area contributed by atoms with Crippen LogP contribution in [0.25, 0.3) is 0 Å². The normalized spacial score (nSPS) is 11.1. The Kier molecular flexibility index (Phi) is 7.92. The molecule has 0 fully saturated rings. The Labute approximate surface area is 130 Å². The van der Waals surface area contributed by atoms with E-state index in [0.717, 1.165) is 49.2 Å². The summed E-state index contributed by atoms with van der Waals surface area (Å²) in [6.07, 6.45) is 4.13. The summed E-state index contributed by atoms with van der Waals surface area (Å²) in [5.41, 5.74) is 0.734. The first kappa shape index (κ1) is 17.2. The molecule has 0 unspecified atom stereocenters. The molecule has 1 rings (SSSR count). The van der Waals surface area contributed by atoms with Crippen LogP contribution in [0, 0.1) is 0 Å². The smallest absolute Gasteiger partial charge is 0.267 e. The van der Waals surface area contributed by atoms with Gasteiger partial charge in [-0.2, -0.15) is 0 Å². The van der Waals surface area contributed by atoms with Crippen molar-refractivity contribution in [1.82, 2.24) is 14.8 Å². The van der Waals surface area contributed by atoms with Gasteiger partial charge >= 0.3 is 0 Å². The number of carbonyl (C=O) groups excluding carboxylic acids is 1. The van der Waals surface area contributed by atoms with Crippen LogP contribution in [-0.4, -0.2) is 41.6 Å². The molecule has 1 heterocycles. The molecule has 0 aliphatic rings. The lowest BCUT2D eigenvalue weighted by molar-refractivity contribution is 0.0939. The molecule has 1 aromatic rings. The third-order valence-corrected chi connectivity index (χ3v) is 3.69. The van der Waals surface area contributed by atoms with Crippen LogP contribution < -0.4 is 5.32 Å². The minimum Gasteiger partial charge on any atom is -0.349 e. The van der Waals surface area contributed by atoms with Crippen LogP contribution in [-0.2, 0) is 6.54 Å². The van der Waals surface area contributed by atoms with E-state index >= 15 is 0 Å². The molecule has 0 aliphatic heterocycles. The zero-order valence-electron chi connectivity index (χ0n) is 12.8. The fourth-order valence-electron chi connectivity index (χ4n) is 2.25. The number of aryl methyl sites for hydroxylation is 1. The van der Waals surface area contributed by atoms with Gasteiger partial charge in [-0.15, -0.1) is 0 Å². The summed E-state index contributed by atoms with van der Waals surface area (Å²) in [6.45, 7) is 11.0. The molecule has 0 aliphatic carbocycles. The zero-order chi connectivity index (χ0) is 15.0. The third-order valence-electron chi connectivity index (χ3n) is 3.26. The van der Waals surface area contributed by atoms with E-state index < -0.39 is 0 Å². The minimum atomic E-state index is 0.0108. The second-order valence-corrected chi connectivity index (χ2v) is 5.84. The minimum absolute atomic E-state index is 0.0108. The van der Waals surface area contributed by atoms with E-state index in [1.165, 1.54) is 0 Å². The van der Waals surface area contributed by atoms with Crippen molar-refractivity contribution >= 4 is 21.8 Å². The second kappa shape index (κ2) is 9.19. The van der Waals surface area contributed by atoms with E-state index in [-0.39, 0.29) is 5.91 Å². The maximum atomic E-state index is 12.2. The first-order valence-corrected chi connectivity index (χ1v) is 8.27. The Morgan fingerprint density at radius 2 is 2.05 bits per heavy atom. The summed E-state index contributed by atoms with van der Waals surface area (Å²) in [5, 5.41) is 3.01. The number of carbonyl (C=O) groups is 1. The fraction of sp³-hybridized carbons (Fsp3) is 0.667. The molecule has 20 heavy (non-hydrogen) atoms. The average molecular weight is 344 g/mol. The summed E-state index contributed by atoms with van der Waals surface area (Å²) in [7, 11) is 0. The van der Waals surface area contributed by atoms with Crippen LogP contribution >= 0.6 is 15.9 Å². The van der Waals surface area contributed by atoms with Crippen molar-refractivity contribution in [3.8, 4) is 0 Å². The van der Waals surface area contributed by atoms with Gasteiger partial charge in [0, 0.05) is 30.3 Å². The monoisotopic (exact) mass is 343 g/mol. The first-order valence-electron chi connectivity index (χ1n) is 7.48. The molecule has 0 spiro atoms. The molecule has 114 valence electrons. The van der Waals surface area contributed by atoms with E-state index in [4.69, 9.17) is 0 Å². The van der Waals surface area contributed by atoms with Crippen LogP contribution in [0.2, 0.25) is 0 Å². The van der Waals surface area contributed by atoms with Crippen molar-refractivity contribution in [2.75, 3.05) is 26.2 Å². The van der Waals surface area contributed by atoms with Crippen molar-refractivity contribution in [3.63, 3.8) is 0 Å². The Morgan fingerprint density at radius 3 is 2.65 bits per heavy atom. The van der Waals surface area contributed by atoms with E-state index in [1.807, 2.05) is 16.8 Å². The zero-order valence-corrected chi connectivity index (χ0v) is 14.4. The predicted molar refractivity (Wildman–Crippen MR) is 87.2 cm³/mol. The number of likely N-dealkylation sites (N-methyl/N-ethyl adjacent to an activating group) is 1. The van der Waals surface area contributed by atoms with E-state index in [2.05, 4.69) is 46.9 Å². The molecular formula is C15H26BrN3O. The maximum Gasteiger partial charge on any atom is 0.267 e. The van der Waals surface area contributed by atoms with Gasteiger partial charge in [-0.1, -0.05) is 20.8 Å². The summed E-state index contributed by atoms with van der Waals surface area (Å²) < 4.78 is 2.96. The van der Waals surface area contributed by atoms with Gasteiger partial charge < -0.3 is 14.8 Å². The summed E-state index contributed by atoms with van der Waals surface area (Å²) >= 11 is 3.44. The van der Waals surface area contributed by atoms with Gasteiger partial charge in [0.1, 0.15) is 5.69 Å². The summed E-state index contributed by atoms with van der Waals surface area (Å²) in [6, 6.07) is 1.88. The Bertz CT molecular complexity index is 417. The number of halogens is 1. The molecule has 1 N–H and O–H groups in total. The van der Waals surface area contributed by atoms with Crippen molar-refractivity contribution in [1.29, 1.82) is 0 Å². The lowest BCUT2D eigenvalue weighted by Gasteiger charge is -2.19. The number of nitrogens with one attached hydrogen (secondary N) is 1. The molecule has 4 nitrogen and oxygen atoms in total. The fourth-order valence-corrected chi connectivity index (χ4v) is 2.72. The molecular weight excluding hydrogens is 318 g/mol. The van der Waals surface area contributed by atoms with Crippen LogP contribution in [0.3, 0.4) is 0 Å². The van der Waals surface area contributed by atoms with Crippen molar-refractivity contribution in [2.45, 2.75) is 40.2 Å². The summed E-state index contributed by atoms with van der Waals surface area (Å²) in [4.78, 5) is 14.6. The van der Waals surface area contributed by atoms with Gasteiger partial charge in [-0.05, 0) is 47.9 Å². The lowest BCUT2D eigenvalue weighted by atomic mass is 10.3. The highest BCUT2D eigenvalue weighted by molar-refractivity contribution is 9.10. The Balaban J connectivity index is 2.50. The molecule has 0 radical (unpaired) electrons. The Hall–Kier alpha value is -0.810. The molecule has 5 heteroatoms. The molecule has 0 bridgehead atoms. The SMILES string of the molecule is CCCN(CC)CCNC(=O)c1cc(Br)cn1CCC. The van der Waals surface area contributed by atoms with Gasteiger partial charge in [-0.3, -0.25) is 4.79 Å². The molecule has 0 aromatic carbocycles. The Morgan fingerprint density at radius 1 is 1.30 bits per heavy atom. The van der Waals surface area contributed by atoms with Crippen molar-refractivity contribution in [2.24, 2.45) is 0 Å². The lowest BCUT2D eigenvalue weighted by Crippen LogP contribution is -2.36. The number of hydrogen-bond donors (Lipinski definition) is 1. The highest BCUT2D eigenvalue weighted by Crippen LogP contribution is 2.15. The van der Waals surface area contributed by atoms with Crippen LogP contribution in [0.4, 0.5) is 0 Å². The predicted octanol–water partition coefficient (Wildman–Crippen LogP) is 3.12. The van der Waals surface area contributed by atoms with Gasteiger partial charge in [0.15, 0.2) is 0 Å². The molecule has 0 saturated heterocycles.